The summed E-state index contributed by atoms with van der Waals surface area (Å²) in [4.78, 5) is 23.8. The van der Waals surface area contributed by atoms with E-state index in [1.54, 1.807) is 20.8 Å². The molecule has 0 aliphatic heterocycles. The lowest BCUT2D eigenvalue weighted by Gasteiger charge is -2.31. The van der Waals surface area contributed by atoms with Crippen molar-refractivity contribution in [2.75, 3.05) is 0 Å². The molecule has 4 nitrogen and oxygen atoms in total. The molecule has 4 heteroatoms. The quantitative estimate of drug-likeness (QED) is 0.841. The van der Waals surface area contributed by atoms with Gasteiger partial charge in [0.25, 0.3) is 0 Å². The third-order valence-electron chi connectivity index (χ3n) is 4.06. The Morgan fingerprint density at radius 2 is 1.95 bits per heavy atom. The summed E-state index contributed by atoms with van der Waals surface area (Å²) in [6, 6.07) is 7.98. The Morgan fingerprint density at radius 1 is 1.29 bits per heavy atom. The summed E-state index contributed by atoms with van der Waals surface area (Å²) in [6.45, 7) is 5.33. The summed E-state index contributed by atoms with van der Waals surface area (Å²) < 4.78 is 0. The number of aryl methyl sites for hydroxylation is 1. The molecule has 21 heavy (non-hydrogen) atoms. The fourth-order valence-corrected chi connectivity index (χ4v) is 3.03. The molecule has 1 aliphatic carbocycles. The van der Waals surface area contributed by atoms with Crippen molar-refractivity contribution in [2.45, 2.75) is 46.1 Å². The zero-order valence-corrected chi connectivity index (χ0v) is 12.8. The smallest absolute Gasteiger partial charge is 0.316 e. The van der Waals surface area contributed by atoms with Gasteiger partial charge in [0.1, 0.15) is 5.92 Å². The summed E-state index contributed by atoms with van der Waals surface area (Å²) >= 11 is 0. The Morgan fingerprint density at radius 3 is 2.57 bits per heavy atom. The predicted molar refractivity (Wildman–Crippen MR) is 80.8 cm³/mol. The Kier molecular flexibility index (Phi) is 4.35. The van der Waals surface area contributed by atoms with Gasteiger partial charge in [0.2, 0.25) is 5.91 Å². The molecule has 0 bridgehead atoms. The monoisotopic (exact) mass is 289 g/mol. The second kappa shape index (κ2) is 5.88. The minimum absolute atomic E-state index is 0.0772. The number of hydrogen-bond acceptors (Lipinski definition) is 2. The summed E-state index contributed by atoms with van der Waals surface area (Å²) in [5.74, 6) is -2.49. The Hall–Kier alpha value is -1.84. The van der Waals surface area contributed by atoms with Crippen LogP contribution in [-0.2, 0) is 16.0 Å². The number of hydrogen-bond donors (Lipinski definition) is 2. The van der Waals surface area contributed by atoms with Gasteiger partial charge in [0, 0.05) is 0 Å². The highest BCUT2D eigenvalue weighted by atomic mass is 16.4. The Bertz CT molecular complexity index is 545. The fraction of sp³-hybridized carbons (Fsp3) is 0.529. The van der Waals surface area contributed by atoms with Gasteiger partial charge < -0.3 is 10.4 Å². The number of carbonyl (C=O) groups is 2. The van der Waals surface area contributed by atoms with Gasteiger partial charge in [-0.25, -0.2) is 0 Å². The van der Waals surface area contributed by atoms with Crippen molar-refractivity contribution in [1.82, 2.24) is 5.32 Å². The van der Waals surface area contributed by atoms with Crippen LogP contribution in [-0.4, -0.2) is 17.0 Å². The van der Waals surface area contributed by atoms with Crippen LogP contribution >= 0.6 is 0 Å². The highest BCUT2D eigenvalue weighted by molar-refractivity contribution is 5.97. The molecule has 2 unspecified atom stereocenters. The van der Waals surface area contributed by atoms with Gasteiger partial charge in [0.05, 0.1) is 6.04 Å². The number of nitrogens with one attached hydrogen (secondary N) is 1. The Balaban J connectivity index is 2.19. The van der Waals surface area contributed by atoms with Crippen LogP contribution < -0.4 is 5.32 Å². The standard InChI is InChI=1S/C17H23NO3/c1-17(2,3)14(16(20)21)15(19)18-13-10-6-8-11-7-4-5-9-12(11)13/h4-5,7,9,13-14H,6,8,10H2,1-3H3,(H,18,19)(H,20,21). The summed E-state index contributed by atoms with van der Waals surface area (Å²) in [7, 11) is 0. The number of benzene rings is 1. The number of rotatable bonds is 3. The molecule has 0 fully saturated rings. The first-order chi connectivity index (χ1) is 9.80. The molecule has 2 atom stereocenters. The van der Waals surface area contributed by atoms with Gasteiger partial charge in [0.15, 0.2) is 0 Å². The van der Waals surface area contributed by atoms with E-state index in [-0.39, 0.29) is 6.04 Å². The second-order valence-electron chi connectivity index (χ2n) is 6.79. The fourth-order valence-electron chi connectivity index (χ4n) is 3.03. The molecule has 0 heterocycles. The molecular weight excluding hydrogens is 266 g/mol. The van der Waals surface area contributed by atoms with E-state index in [4.69, 9.17) is 0 Å². The van der Waals surface area contributed by atoms with E-state index in [1.165, 1.54) is 5.56 Å². The van der Waals surface area contributed by atoms with Gasteiger partial charge in [-0.05, 0) is 35.8 Å². The number of fused-ring (bicyclic) bond motifs is 1. The molecule has 1 amide bonds. The third kappa shape index (κ3) is 3.43. The first kappa shape index (κ1) is 15.5. The lowest BCUT2D eigenvalue weighted by Crippen LogP contribution is -2.44. The van der Waals surface area contributed by atoms with Gasteiger partial charge in [-0.2, -0.15) is 0 Å². The number of carboxylic acids is 1. The normalized spacial score (nSPS) is 19.5. The average Bonchev–Trinajstić information content (AvgIpc) is 2.37. The Labute approximate surface area is 125 Å². The third-order valence-corrected chi connectivity index (χ3v) is 4.06. The van der Waals surface area contributed by atoms with Gasteiger partial charge in [-0.1, -0.05) is 45.0 Å². The highest BCUT2D eigenvalue weighted by Crippen LogP contribution is 2.32. The molecule has 114 valence electrons. The van der Waals surface area contributed by atoms with Crippen LogP contribution in [0, 0.1) is 11.3 Å². The first-order valence-corrected chi connectivity index (χ1v) is 7.41. The van der Waals surface area contributed by atoms with Crippen molar-refractivity contribution in [3.05, 3.63) is 35.4 Å². The molecular formula is C17H23NO3. The zero-order chi connectivity index (χ0) is 15.6. The van der Waals surface area contributed by atoms with Crippen molar-refractivity contribution in [1.29, 1.82) is 0 Å². The van der Waals surface area contributed by atoms with Crippen LogP contribution in [0.15, 0.2) is 24.3 Å². The van der Waals surface area contributed by atoms with Gasteiger partial charge >= 0.3 is 5.97 Å². The van der Waals surface area contributed by atoms with Gasteiger partial charge in [-0.3, -0.25) is 9.59 Å². The van der Waals surface area contributed by atoms with Crippen molar-refractivity contribution >= 4 is 11.9 Å². The van der Waals surface area contributed by atoms with Crippen LogP contribution in [0.5, 0.6) is 0 Å². The molecule has 0 aromatic heterocycles. The van der Waals surface area contributed by atoms with Crippen molar-refractivity contribution in [2.24, 2.45) is 11.3 Å². The van der Waals surface area contributed by atoms with E-state index in [2.05, 4.69) is 11.4 Å². The van der Waals surface area contributed by atoms with Crippen LogP contribution in [0.3, 0.4) is 0 Å². The molecule has 0 saturated carbocycles. The maximum absolute atomic E-state index is 12.4. The number of carbonyl (C=O) groups excluding carboxylic acids is 1. The molecule has 0 radical (unpaired) electrons. The number of aliphatic carboxylic acids is 1. The minimum Gasteiger partial charge on any atom is -0.481 e. The van der Waals surface area contributed by atoms with Crippen LogP contribution in [0.1, 0.15) is 50.8 Å². The summed E-state index contributed by atoms with van der Waals surface area (Å²) in [6.07, 6.45) is 2.89. The minimum atomic E-state index is -1.07. The molecule has 1 aromatic carbocycles. The van der Waals surface area contributed by atoms with E-state index >= 15 is 0 Å². The lowest BCUT2D eigenvalue weighted by atomic mass is 9.79. The first-order valence-electron chi connectivity index (χ1n) is 7.41. The molecule has 1 aliphatic rings. The largest absolute Gasteiger partial charge is 0.481 e. The molecule has 2 rings (SSSR count). The van der Waals surface area contributed by atoms with E-state index in [0.29, 0.717) is 0 Å². The van der Waals surface area contributed by atoms with Gasteiger partial charge in [-0.15, -0.1) is 0 Å². The van der Waals surface area contributed by atoms with Crippen LogP contribution in [0.4, 0.5) is 0 Å². The van der Waals surface area contributed by atoms with Crippen molar-refractivity contribution < 1.29 is 14.7 Å². The van der Waals surface area contributed by atoms with E-state index in [1.807, 2.05) is 18.2 Å². The van der Waals surface area contributed by atoms with Crippen LogP contribution in [0.25, 0.3) is 0 Å². The van der Waals surface area contributed by atoms with Crippen LogP contribution in [0.2, 0.25) is 0 Å². The topological polar surface area (TPSA) is 66.4 Å². The SMILES string of the molecule is CC(C)(C)C(C(=O)O)C(=O)NC1CCCc2ccccc21. The number of carboxylic acid groups (broad SMARTS) is 1. The lowest BCUT2D eigenvalue weighted by molar-refractivity contribution is -0.151. The van der Waals surface area contributed by atoms with Crippen molar-refractivity contribution in [3.8, 4) is 0 Å². The summed E-state index contributed by atoms with van der Waals surface area (Å²) in [5, 5.41) is 12.3. The molecule has 0 saturated heterocycles. The van der Waals surface area contributed by atoms with E-state index in [0.717, 1.165) is 24.8 Å². The summed E-state index contributed by atoms with van der Waals surface area (Å²) in [5.41, 5.74) is 1.76. The maximum atomic E-state index is 12.4. The zero-order valence-electron chi connectivity index (χ0n) is 12.8. The number of amides is 1. The molecule has 0 spiro atoms. The van der Waals surface area contributed by atoms with E-state index in [9.17, 15) is 14.7 Å². The second-order valence-corrected chi connectivity index (χ2v) is 6.79. The average molecular weight is 289 g/mol. The highest BCUT2D eigenvalue weighted by Gasteiger charge is 2.38. The van der Waals surface area contributed by atoms with E-state index < -0.39 is 23.2 Å². The van der Waals surface area contributed by atoms with Crippen molar-refractivity contribution in [3.63, 3.8) is 0 Å². The maximum Gasteiger partial charge on any atom is 0.316 e. The predicted octanol–water partition coefficient (Wildman–Crippen LogP) is 2.93. The molecule has 2 N–H and O–H groups in total. The molecule has 1 aromatic rings.